The fraction of sp³-hybridized carbons (Fsp3) is 0.234. The molecule has 0 spiro atoms. The van der Waals surface area contributed by atoms with Crippen LogP contribution in [0.25, 0.3) is 39.8 Å². The summed E-state index contributed by atoms with van der Waals surface area (Å²) >= 11 is 0. The number of halogens is 3. The van der Waals surface area contributed by atoms with Crippen LogP contribution in [-0.4, -0.2) is 170 Å². The molecule has 10 aromatic carbocycles. The highest BCUT2D eigenvalue weighted by Crippen LogP contribution is 2.30. The van der Waals surface area contributed by atoms with Crippen molar-refractivity contribution in [1.82, 2.24) is 54.6 Å². The topological polar surface area (TPSA) is 159 Å². The number of hydrogen-bond donors (Lipinski definition) is 1. The van der Waals surface area contributed by atoms with E-state index in [1.165, 1.54) is 52.1 Å². The molecule has 0 unspecified atom stereocenters. The number of amides is 4. The number of alkyl halides is 3. The first-order valence-corrected chi connectivity index (χ1v) is 43.2. The molecule has 3 aliphatic heterocycles. The molecule has 0 radical (unpaired) electrons. The minimum Gasteiger partial charge on any atom is -0.340 e. The zero-order chi connectivity index (χ0) is 87.5. The number of benzene rings is 10. The van der Waals surface area contributed by atoms with Gasteiger partial charge in [-0.25, -0.2) is 0 Å². The van der Waals surface area contributed by atoms with Crippen LogP contribution in [0, 0.1) is 5.92 Å². The smallest absolute Gasteiger partial charge is 0.340 e. The molecule has 3 atom stereocenters. The van der Waals surface area contributed by atoms with Crippen molar-refractivity contribution in [1.29, 1.82) is 0 Å². The Balaban J connectivity index is 0.000000157. The van der Waals surface area contributed by atoms with Crippen molar-refractivity contribution >= 4 is 36.0 Å². The number of carbonyl (C=O) groups is 5. The van der Waals surface area contributed by atoms with E-state index in [2.05, 4.69) is 150 Å². The number of nitrogens with one attached hydrogen (secondary N) is 1. The molecule has 6 heterocycles. The summed E-state index contributed by atoms with van der Waals surface area (Å²) in [7, 11) is 0. The summed E-state index contributed by atoms with van der Waals surface area (Å²) in [6, 6.07) is 106. The van der Waals surface area contributed by atoms with E-state index in [1.54, 1.807) is 29.4 Å². The van der Waals surface area contributed by atoms with Gasteiger partial charge >= 0.3 is 6.18 Å². The van der Waals surface area contributed by atoms with E-state index in [0.29, 0.717) is 62.6 Å². The van der Waals surface area contributed by atoms with Gasteiger partial charge in [-0.05, 0) is 118 Å². The number of carbonyl (C=O) groups excluding carboxylic acids is 5. The molecule has 3 aromatic heterocycles. The van der Waals surface area contributed by atoms with E-state index in [9.17, 15) is 37.1 Å². The lowest BCUT2D eigenvalue weighted by Crippen LogP contribution is -2.56. The van der Waals surface area contributed by atoms with Crippen molar-refractivity contribution in [3.8, 4) is 33.8 Å². The van der Waals surface area contributed by atoms with E-state index in [4.69, 9.17) is 0 Å². The summed E-state index contributed by atoms with van der Waals surface area (Å²) in [4.78, 5) is 93.3. The summed E-state index contributed by atoms with van der Waals surface area (Å²) in [6.07, 6.45) is 6.31. The Hall–Kier alpha value is -13.4. The van der Waals surface area contributed by atoms with Gasteiger partial charge in [-0.15, -0.1) is 0 Å². The minimum atomic E-state index is -4.46. The average molecular weight is 1690 g/mol. The van der Waals surface area contributed by atoms with E-state index in [1.807, 2.05) is 210 Å². The van der Waals surface area contributed by atoms with E-state index in [0.717, 1.165) is 147 Å². The van der Waals surface area contributed by atoms with Crippen molar-refractivity contribution in [2.45, 2.75) is 77.2 Å². The van der Waals surface area contributed by atoms with Crippen LogP contribution >= 0.6 is 0 Å². The van der Waals surface area contributed by atoms with Crippen LogP contribution in [0.1, 0.15) is 72.9 Å². The second-order valence-electron chi connectivity index (χ2n) is 31.9. The number of nitrogens with zero attached hydrogens (tertiary/aromatic N) is 10. The third-order valence-electron chi connectivity index (χ3n) is 22.8. The van der Waals surface area contributed by atoms with Crippen LogP contribution in [0.3, 0.4) is 0 Å². The molecule has 16 nitrogen and oxygen atoms in total. The quantitative estimate of drug-likeness (QED) is 0.0384. The number of piperazine rings is 3. The number of pyridine rings is 3. The third-order valence-corrected chi connectivity index (χ3v) is 22.8. The van der Waals surface area contributed by atoms with Crippen LogP contribution in [0.5, 0.6) is 0 Å². The zero-order valence-corrected chi connectivity index (χ0v) is 71.2. The highest BCUT2D eigenvalue weighted by atomic mass is 19.4. The summed E-state index contributed by atoms with van der Waals surface area (Å²) < 4.78 is 39.5. The highest BCUT2D eigenvalue weighted by Gasteiger charge is 2.36. The van der Waals surface area contributed by atoms with Crippen LogP contribution in [0.4, 0.5) is 13.2 Å². The zero-order valence-electron chi connectivity index (χ0n) is 71.2. The molecule has 126 heavy (non-hydrogen) atoms. The standard InChI is InChI=1S/C42H39F3N4O2.C32H34N4O.C21H26N2O.C12H9NO/c43-42(44,45)37-21-16-32(17-22-37)18-23-40(50)49(31-35-14-19-36(20-15-35)38-13-7-8-24-46-38)39(29-33-9-3-1-4-10-33)41(51)48-27-25-47(26-28-48)30-34-11-5-2-6-12-34;37-32(36-21-19-35(20-22-36)25-28-11-5-2-6-12-28)31(23-26-9-3-1-4-10-26)34-24-27-14-16-29(17-15-27)30-13-7-8-18-33-30;1-18(16-19-8-4-2-5-9-19)21(24)23-14-12-22(13-15-23)17-20-10-6-3-7-11-20;14-9-10-4-6-11(7-5-10)12-3-1-2-8-13-12/h1-24,39H,25-31H2;1-18,31,34H,19-25H2;2-11,18H,12-17H2,1H3;1-9H/b23-18+;;;/t39-;31-;18-;/m000./s1. The van der Waals surface area contributed by atoms with Crippen LogP contribution in [0.2, 0.25) is 0 Å². The predicted molar refractivity (Wildman–Crippen MR) is 494 cm³/mol. The van der Waals surface area contributed by atoms with E-state index < -0.39 is 23.7 Å². The van der Waals surface area contributed by atoms with Gasteiger partial charge in [0.1, 0.15) is 12.3 Å². The van der Waals surface area contributed by atoms with Gasteiger partial charge in [0.05, 0.1) is 28.7 Å². The van der Waals surface area contributed by atoms with Crippen molar-refractivity contribution < 1.29 is 37.1 Å². The van der Waals surface area contributed by atoms with Crippen LogP contribution in [0.15, 0.2) is 358 Å². The highest BCUT2D eigenvalue weighted by molar-refractivity contribution is 5.96. The first-order chi connectivity index (χ1) is 61.6. The first-order valence-electron chi connectivity index (χ1n) is 43.2. The molecule has 1 N–H and O–H groups in total. The van der Waals surface area contributed by atoms with Crippen LogP contribution < -0.4 is 5.32 Å². The lowest BCUT2D eigenvalue weighted by atomic mass is 9.99. The molecule has 0 aliphatic carbocycles. The van der Waals surface area contributed by atoms with Gasteiger partial charge in [0.15, 0.2) is 0 Å². The maximum atomic E-state index is 14.5. The maximum absolute atomic E-state index is 14.5. The second kappa shape index (κ2) is 46.9. The molecule has 16 rings (SSSR count). The number of aromatic nitrogens is 3. The molecule has 3 fully saturated rings. The Morgan fingerprint density at radius 2 is 0.706 bits per heavy atom. The second-order valence-corrected chi connectivity index (χ2v) is 31.9. The molecule has 19 heteroatoms. The summed E-state index contributed by atoms with van der Waals surface area (Å²) in [5.41, 5.74) is 15.3. The normalized spacial score (nSPS) is 14.5. The summed E-state index contributed by atoms with van der Waals surface area (Å²) in [6.45, 7) is 14.9. The third kappa shape index (κ3) is 27.8. The molecular weight excluding hydrogens is 1580 g/mol. The van der Waals surface area contributed by atoms with Gasteiger partial charge < -0.3 is 24.9 Å². The van der Waals surface area contributed by atoms with Crippen molar-refractivity contribution in [2.75, 3.05) is 78.5 Å². The Labute approximate surface area is 738 Å². The Kier molecular flexibility index (Phi) is 33.6. The van der Waals surface area contributed by atoms with Crippen LogP contribution in [-0.2, 0) is 77.3 Å². The molecule has 13 aromatic rings. The molecule has 3 saturated heterocycles. The van der Waals surface area contributed by atoms with Gasteiger partial charge in [-0.1, -0.05) is 292 Å². The van der Waals surface area contributed by atoms with Gasteiger partial charge in [0.25, 0.3) is 0 Å². The number of hydrogen-bond acceptors (Lipinski definition) is 12. The first kappa shape index (κ1) is 90.3. The molecule has 0 saturated carbocycles. The lowest BCUT2D eigenvalue weighted by Gasteiger charge is -2.39. The number of aldehydes is 1. The molecule has 3 aliphatic rings. The minimum absolute atomic E-state index is 0.0491. The van der Waals surface area contributed by atoms with Crippen molar-refractivity contribution in [3.05, 3.63) is 420 Å². The molecule has 0 bridgehead atoms. The predicted octanol–water partition coefficient (Wildman–Crippen LogP) is 18.3. The fourth-order valence-corrected chi connectivity index (χ4v) is 15.7. The van der Waals surface area contributed by atoms with Gasteiger partial charge in [0, 0.05) is 171 Å². The largest absolute Gasteiger partial charge is 0.416 e. The summed E-state index contributed by atoms with van der Waals surface area (Å²) in [5, 5.41) is 3.57. The lowest BCUT2D eigenvalue weighted by molar-refractivity contribution is -0.145. The molecule has 642 valence electrons. The molecular formula is C107H108F3N11O5. The Morgan fingerprint density at radius 1 is 0.365 bits per heavy atom. The van der Waals surface area contributed by atoms with Gasteiger partial charge in [-0.3, -0.25) is 53.6 Å². The van der Waals surface area contributed by atoms with E-state index >= 15 is 0 Å². The van der Waals surface area contributed by atoms with Gasteiger partial charge in [-0.2, -0.15) is 13.2 Å². The summed E-state index contributed by atoms with van der Waals surface area (Å²) in [5.74, 6) is -0.0279. The van der Waals surface area contributed by atoms with Crippen molar-refractivity contribution in [3.63, 3.8) is 0 Å². The van der Waals surface area contributed by atoms with E-state index in [-0.39, 0.29) is 30.3 Å². The van der Waals surface area contributed by atoms with Gasteiger partial charge in [0.2, 0.25) is 23.6 Å². The monoisotopic (exact) mass is 1680 g/mol. The number of rotatable bonds is 27. The molecule has 4 amide bonds. The fourth-order valence-electron chi connectivity index (χ4n) is 15.7. The average Bonchev–Trinajstić information content (AvgIpc) is 0.797. The SMILES string of the molecule is C[C@@H](Cc1ccccc1)C(=O)N1CCN(Cc2ccccc2)CC1.O=C([C@H](Cc1ccccc1)N(Cc1ccc(-c2ccccn2)cc1)C(=O)/C=C/c1ccc(C(F)(F)F)cc1)N1CCN(Cc2ccccc2)CC1.O=C([C@H](Cc1ccccc1)NCc1ccc(-c2ccccn2)cc1)N1CCN(Cc2ccccc2)CC1.O=Cc1ccc(-c2ccccn2)cc1. The Morgan fingerprint density at radius 3 is 1.09 bits per heavy atom. The maximum Gasteiger partial charge on any atom is 0.416 e. The Bertz CT molecular complexity index is 5470. The van der Waals surface area contributed by atoms with Crippen molar-refractivity contribution in [2.24, 2.45) is 5.92 Å².